The topological polar surface area (TPSA) is 75.4 Å². The summed E-state index contributed by atoms with van der Waals surface area (Å²) in [5, 5.41) is 12.2. The van der Waals surface area contributed by atoms with Crippen LogP contribution in [0.1, 0.15) is 43.7 Å². The standard InChI is InChI=1S/C15H24N2O2/c16-11-7-2-1-6-10-15(19)17-14(12-18)13-8-4-3-5-9-13/h3-5,8-9,14,18H,1-2,6-7,10-12,16H2,(H,17,19). The van der Waals surface area contributed by atoms with E-state index in [9.17, 15) is 9.90 Å². The number of benzene rings is 1. The first kappa shape index (κ1) is 15.7. The fraction of sp³-hybridized carbons (Fsp3) is 0.533. The quantitative estimate of drug-likeness (QED) is 0.595. The lowest BCUT2D eigenvalue weighted by molar-refractivity contribution is -0.122. The Morgan fingerprint density at radius 3 is 2.47 bits per heavy atom. The molecule has 1 unspecified atom stereocenters. The van der Waals surface area contributed by atoms with E-state index in [1.54, 1.807) is 0 Å². The van der Waals surface area contributed by atoms with Gasteiger partial charge in [0.15, 0.2) is 0 Å². The number of amides is 1. The summed E-state index contributed by atoms with van der Waals surface area (Å²) in [4.78, 5) is 11.8. The van der Waals surface area contributed by atoms with Crippen molar-refractivity contribution in [1.29, 1.82) is 0 Å². The normalized spacial score (nSPS) is 12.1. The Labute approximate surface area is 115 Å². The van der Waals surface area contributed by atoms with E-state index < -0.39 is 0 Å². The van der Waals surface area contributed by atoms with Crippen molar-refractivity contribution in [3.05, 3.63) is 35.9 Å². The highest BCUT2D eigenvalue weighted by Gasteiger charge is 2.12. The Kier molecular flexibility index (Phi) is 7.86. The molecule has 4 nitrogen and oxygen atoms in total. The second-order valence-electron chi connectivity index (χ2n) is 4.67. The lowest BCUT2D eigenvalue weighted by Crippen LogP contribution is -2.30. The number of aliphatic hydroxyl groups is 1. The fourth-order valence-electron chi connectivity index (χ4n) is 1.97. The monoisotopic (exact) mass is 264 g/mol. The van der Waals surface area contributed by atoms with E-state index in [1.807, 2.05) is 30.3 Å². The summed E-state index contributed by atoms with van der Waals surface area (Å²) in [6, 6.07) is 9.22. The number of nitrogens with one attached hydrogen (secondary N) is 1. The van der Waals surface area contributed by atoms with Crippen molar-refractivity contribution in [2.45, 2.75) is 38.1 Å². The van der Waals surface area contributed by atoms with Gasteiger partial charge >= 0.3 is 0 Å². The molecule has 0 aliphatic heterocycles. The summed E-state index contributed by atoms with van der Waals surface area (Å²) in [6.45, 7) is 0.635. The van der Waals surface area contributed by atoms with Gasteiger partial charge in [-0.25, -0.2) is 0 Å². The summed E-state index contributed by atoms with van der Waals surface area (Å²) in [6.07, 6.45) is 4.50. The number of carbonyl (C=O) groups is 1. The number of hydrogen-bond donors (Lipinski definition) is 3. The van der Waals surface area contributed by atoms with E-state index >= 15 is 0 Å². The van der Waals surface area contributed by atoms with Crippen molar-refractivity contribution in [2.24, 2.45) is 5.73 Å². The number of unbranched alkanes of at least 4 members (excludes halogenated alkanes) is 3. The molecule has 0 heterocycles. The Morgan fingerprint density at radius 1 is 1.16 bits per heavy atom. The Bertz CT molecular complexity index is 354. The first-order valence-corrected chi connectivity index (χ1v) is 6.93. The van der Waals surface area contributed by atoms with Gasteiger partial charge in [0, 0.05) is 6.42 Å². The van der Waals surface area contributed by atoms with Gasteiger partial charge < -0.3 is 16.2 Å². The zero-order valence-corrected chi connectivity index (χ0v) is 11.3. The van der Waals surface area contributed by atoms with Crippen molar-refractivity contribution in [3.8, 4) is 0 Å². The minimum Gasteiger partial charge on any atom is -0.394 e. The molecule has 0 radical (unpaired) electrons. The minimum absolute atomic E-state index is 0.00403. The van der Waals surface area contributed by atoms with E-state index in [1.165, 1.54) is 0 Å². The average molecular weight is 264 g/mol. The van der Waals surface area contributed by atoms with Crippen LogP contribution in [0.3, 0.4) is 0 Å². The zero-order valence-electron chi connectivity index (χ0n) is 11.3. The van der Waals surface area contributed by atoms with Crippen LogP contribution in [0.25, 0.3) is 0 Å². The summed E-state index contributed by atoms with van der Waals surface area (Å²) < 4.78 is 0. The molecule has 0 aliphatic carbocycles. The molecule has 0 bridgehead atoms. The molecule has 1 aromatic carbocycles. The van der Waals surface area contributed by atoms with Gasteiger partial charge in [-0.2, -0.15) is 0 Å². The van der Waals surface area contributed by atoms with Crippen LogP contribution >= 0.6 is 0 Å². The maximum absolute atomic E-state index is 11.8. The highest BCUT2D eigenvalue weighted by molar-refractivity contribution is 5.76. The second kappa shape index (κ2) is 9.53. The first-order valence-electron chi connectivity index (χ1n) is 6.93. The van der Waals surface area contributed by atoms with E-state index in [-0.39, 0.29) is 18.6 Å². The number of nitrogens with two attached hydrogens (primary N) is 1. The molecule has 1 atom stereocenters. The Hall–Kier alpha value is -1.39. The molecule has 0 aliphatic rings. The molecular formula is C15H24N2O2. The van der Waals surface area contributed by atoms with Crippen molar-refractivity contribution < 1.29 is 9.90 Å². The zero-order chi connectivity index (χ0) is 13.9. The van der Waals surface area contributed by atoms with Crippen LogP contribution in [0, 0.1) is 0 Å². The smallest absolute Gasteiger partial charge is 0.220 e. The van der Waals surface area contributed by atoms with Crippen LogP contribution in [-0.2, 0) is 4.79 Å². The second-order valence-corrected chi connectivity index (χ2v) is 4.67. The van der Waals surface area contributed by atoms with Crippen LogP contribution in [0.5, 0.6) is 0 Å². The van der Waals surface area contributed by atoms with Gasteiger partial charge in [-0.3, -0.25) is 4.79 Å². The van der Waals surface area contributed by atoms with Gasteiger partial charge in [0.25, 0.3) is 0 Å². The van der Waals surface area contributed by atoms with Crippen molar-refractivity contribution in [1.82, 2.24) is 5.32 Å². The van der Waals surface area contributed by atoms with Crippen LogP contribution in [-0.4, -0.2) is 24.2 Å². The molecular weight excluding hydrogens is 240 g/mol. The Morgan fingerprint density at radius 2 is 1.84 bits per heavy atom. The maximum Gasteiger partial charge on any atom is 0.220 e. The number of carbonyl (C=O) groups excluding carboxylic acids is 1. The predicted molar refractivity (Wildman–Crippen MR) is 76.6 cm³/mol. The minimum atomic E-state index is -0.308. The van der Waals surface area contributed by atoms with Crippen molar-refractivity contribution in [3.63, 3.8) is 0 Å². The molecule has 0 fully saturated rings. The first-order chi connectivity index (χ1) is 9.27. The van der Waals surface area contributed by atoms with E-state index in [2.05, 4.69) is 5.32 Å². The van der Waals surface area contributed by atoms with Crippen molar-refractivity contribution >= 4 is 5.91 Å². The van der Waals surface area contributed by atoms with Gasteiger partial charge in [0.05, 0.1) is 12.6 Å². The van der Waals surface area contributed by atoms with Gasteiger partial charge in [-0.15, -0.1) is 0 Å². The number of rotatable bonds is 9. The SMILES string of the molecule is NCCCCCCC(=O)NC(CO)c1ccccc1. The lowest BCUT2D eigenvalue weighted by Gasteiger charge is -2.16. The molecule has 0 spiro atoms. The van der Waals surface area contributed by atoms with Crippen LogP contribution in [0.2, 0.25) is 0 Å². The number of hydrogen-bond acceptors (Lipinski definition) is 3. The predicted octanol–water partition coefficient (Wildman–Crippen LogP) is 1.75. The fourth-order valence-corrected chi connectivity index (χ4v) is 1.97. The molecule has 106 valence electrons. The molecule has 0 saturated carbocycles. The van der Waals surface area contributed by atoms with Crippen LogP contribution in [0.15, 0.2) is 30.3 Å². The largest absolute Gasteiger partial charge is 0.394 e. The van der Waals surface area contributed by atoms with E-state index in [0.29, 0.717) is 13.0 Å². The summed E-state index contributed by atoms with van der Waals surface area (Å²) in [7, 11) is 0. The van der Waals surface area contributed by atoms with E-state index in [4.69, 9.17) is 5.73 Å². The molecule has 1 rings (SSSR count). The third-order valence-corrected chi connectivity index (χ3v) is 3.08. The van der Waals surface area contributed by atoms with Gasteiger partial charge in [-0.1, -0.05) is 43.2 Å². The summed E-state index contributed by atoms with van der Waals surface area (Å²) in [5.41, 5.74) is 6.34. The third-order valence-electron chi connectivity index (χ3n) is 3.08. The molecule has 1 amide bonds. The maximum atomic E-state index is 11.8. The average Bonchev–Trinajstić information content (AvgIpc) is 2.45. The molecule has 1 aromatic rings. The molecule has 4 heteroatoms. The highest BCUT2D eigenvalue weighted by Crippen LogP contribution is 2.12. The molecule has 4 N–H and O–H groups in total. The van der Waals surface area contributed by atoms with E-state index in [0.717, 1.165) is 31.2 Å². The Balaban J connectivity index is 2.30. The molecule has 0 saturated heterocycles. The molecule has 19 heavy (non-hydrogen) atoms. The summed E-state index contributed by atoms with van der Waals surface area (Å²) in [5.74, 6) is -0.00403. The van der Waals surface area contributed by atoms with Gasteiger partial charge in [0.1, 0.15) is 0 Å². The summed E-state index contributed by atoms with van der Waals surface area (Å²) >= 11 is 0. The third kappa shape index (κ3) is 6.36. The van der Waals surface area contributed by atoms with Crippen LogP contribution in [0.4, 0.5) is 0 Å². The van der Waals surface area contributed by atoms with Gasteiger partial charge in [0.2, 0.25) is 5.91 Å². The molecule has 0 aromatic heterocycles. The van der Waals surface area contributed by atoms with Crippen molar-refractivity contribution in [2.75, 3.05) is 13.2 Å². The van der Waals surface area contributed by atoms with Gasteiger partial charge in [-0.05, 0) is 24.9 Å². The highest BCUT2D eigenvalue weighted by atomic mass is 16.3. The van der Waals surface area contributed by atoms with Crippen LogP contribution < -0.4 is 11.1 Å². The lowest BCUT2D eigenvalue weighted by atomic mass is 10.1. The number of aliphatic hydroxyl groups excluding tert-OH is 1.